The van der Waals surface area contributed by atoms with Gasteiger partial charge >= 0.3 is 0 Å². The van der Waals surface area contributed by atoms with Crippen molar-refractivity contribution in [2.24, 2.45) is 0 Å². The maximum atomic E-state index is 12.4. The number of imide groups is 1. The van der Waals surface area contributed by atoms with Crippen molar-refractivity contribution < 1.29 is 19.1 Å². The number of thioether (sulfide) groups is 1. The zero-order valence-electron chi connectivity index (χ0n) is 16.1. The summed E-state index contributed by atoms with van der Waals surface area (Å²) in [7, 11) is 1.52. The number of benzene rings is 2. The molecule has 150 valence electrons. The van der Waals surface area contributed by atoms with Gasteiger partial charge in [0.1, 0.15) is 11.5 Å². The van der Waals surface area contributed by atoms with E-state index < -0.39 is 5.25 Å². The molecule has 1 unspecified atom stereocenters. The highest BCUT2D eigenvalue weighted by Gasteiger charge is 2.41. The van der Waals surface area contributed by atoms with Crippen molar-refractivity contribution in [1.29, 1.82) is 0 Å². The van der Waals surface area contributed by atoms with Crippen molar-refractivity contribution >= 4 is 29.5 Å². The minimum Gasteiger partial charge on any atom is -0.457 e. The summed E-state index contributed by atoms with van der Waals surface area (Å²) in [6.45, 7) is 0.479. The van der Waals surface area contributed by atoms with Crippen molar-refractivity contribution in [2.75, 3.05) is 7.05 Å². The molecule has 0 aliphatic carbocycles. The highest BCUT2D eigenvalue weighted by atomic mass is 32.2. The maximum absolute atomic E-state index is 12.4. The SMILES string of the molecule is CN1C(=O)C[C@@H](SC2CCC(=O)N2Cc2ccc(Oc3ccccc3)cc2)C1=O. The van der Waals surface area contributed by atoms with Crippen LogP contribution in [0.2, 0.25) is 0 Å². The number of carbonyl (C=O) groups excluding carboxylic acids is 3. The van der Waals surface area contributed by atoms with Gasteiger partial charge in [-0.05, 0) is 36.2 Å². The average Bonchev–Trinajstić information content (AvgIpc) is 3.19. The molecule has 0 aromatic heterocycles. The first-order chi connectivity index (χ1) is 14.0. The minimum absolute atomic E-state index is 0.0808. The molecule has 0 saturated carbocycles. The summed E-state index contributed by atoms with van der Waals surface area (Å²) in [5.41, 5.74) is 0.997. The molecule has 2 atom stereocenters. The number of likely N-dealkylation sites (tertiary alicyclic amines) is 2. The van der Waals surface area contributed by atoms with Gasteiger partial charge in [-0.25, -0.2) is 0 Å². The fourth-order valence-electron chi connectivity index (χ4n) is 3.54. The number of nitrogens with zero attached hydrogens (tertiary/aromatic N) is 2. The molecule has 2 saturated heterocycles. The van der Waals surface area contributed by atoms with Gasteiger partial charge in [-0.3, -0.25) is 19.3 Å². The molecular formula is C22H22N2O4S. The van der Waals surface area contributed by atoms with Crippen LogP contribution in [0.25, 0.3) is 0 Å². The quantitative estimate of drug-likeness (QED) is 0.683. The zero-order chi connectivity index (χ0) is 20.4. The van der Waals surface area contributed by atoms with Crippen LogP contribution in [0.1, 0.15) is 24.8 Å². The van der Waals surface area contributed by atoms with Crippen LogP contribution in [0.4, 0.5) is 0 Å². The zero-order valence-corrected chi connectivity index (χ0v) is 16.9. The molecule has 0 N–H and O–H groups in total. The molecule has 0 bridgehead atoms. The molecule has 2 aromatic rings. The Hall–Kier alpha value is -2.80. The molecule has 2 aliphatic heterocycles. The molecule has 0 spiro atoms. The van der Waals surface area contributed by atoms with E-state index in [-0.39, 0.29) is 29.5 Å². The van der Waals surface area contributed by atoms with Gasteiger partial charge in [0.25, 0.3) is 0 Å². The Morgan fingerprint density at radius 3 is 2.31 bits per heavy atom. The first-order valence-corrected chi connectivity index (χ1v) is 10.5. The Morgan fingerprint density at radius 1 is 0.966 bits per heavy atom. The van der Waals surface area contributed by atoms with Crippen molar-refractivity contribution in [3.63, 3.8) is 0 Å². The lowest BCUT2D eigenvalue weighted by Gasteiger charge is -2.26. The van der Waals surface area contributed by atoms with Gasteiger partial charge < -0.3 is 9.64 Å². The summed E-state index contributed by atoms with van der Waals surface area (Å²) in [6, 6.07) is 17.2. The third kappa shape index (κ3) is 4.29. The molecular weight excluding hydrogens is 388 g/mol. The third-order valence-corrected chi connectivity index (χ3v) is 6.69. The van der Waals surface area contributed by atoms with Crippen molar-refractivity contribution in [3.8, 4) is 11.5 Å². The van der Waals surface area contributed by atoms with E-state index in [1.807, 2.05) is 59.5 Å². The molecule has 3 amide bonds. The summed E-state index contributed by atoms with van der Waals surface area (Å²) < 4.78 is 5.81. The molecule has 2 aliphatic rings. The Kier molecular flexibility index (Phi) is 5.58. The van der Waals surface area contributed by atoms with E-state index >= 15 is 0 Å². The number of rotatable bonds is 6. The monoisotopic (exact) mass is 410 g/mol. The highest BCUT2D eigenvalue weighted by molar-refractivity contribution is 8.01. The molecule has 4 rings (SSSR count). The van der Waals surface area contributed by atoms with E-state index in [1.54, 1.807) is 0 Å². The van der Waals surface area contributed by atoms with E-state index in [9.17, 15) is 14.4 Å². The third-order valence-electron chi connectivity index (χ3n) is 5.19. The Bertz CT molecular complexity index is 916. The van der Waals surface area contributed by atoms with Crippen molar-refractivity contribution in [1.82, 2.24) is 9.80 Å². The molecule has 2 aromatic carbocycles. The van der Waals surface area contributed by atoms with E-state index in [1.165, 1.54) is 23.7 Å². The van der Waals surface area contributed by atoms with Crippen molar-refractivity contribution in [2.45, 2.75) is 36.4 Å². The maximum Gasteiger partial charge on any atom is 0.242 e. The molecule has 6 nitrogen and oxygen atoms in total. The van der Waals surface area contributed by atoms with Crippen LogP contribution in [0.5, 0.6) is 11.5 Å². The number of hydrogen-bond donors (Lipinski definition) is 0. The number of hydrogen-bond acceptors (Lipinski definition) is 5. The average molecular weight is 410 g/mol. The number of amides is 3. The predicted octanol–water partition coefficient (Wildman–Crippen LogP) is 3.42. The van der Waals surface area contributed by atoms with E-state index in [0.29, 0.717) is 19.4 Å². The number of para-hydroxylation sites is 1. The first-order valence-electron chi connectivity index (χ1n) is 9.58. The molecule has 2 heterocycles. The normalized spacial score (nSPS) is 21.9. The number of carbonyl (C=O) groups is 3. The predicted molar refractivity (Wildman–Crippen MR) is 110 cm³/mol. The van der Waals surface area contributed by atoms with Gasteiger partial charge in [0.05, 0.1) is 10.6 Å². The van der Waals surface area contributed by atoms with Gasteiger partial charge in [0.15, 0.2) is 0 Å². The standard InChI is InChI=1S/C22H22N2O4S/c1-23-20(26)13-18(22(23)27)29-21-12-11-19(25)24(21)14-15-7-9-17(10-8-15)28-16-5-3-2-4-6-16/h2-10,18,21H,11-14H2,1H3/t18-,21?/m1/s1. The second kappa shape index (κ2) is 8.29. The Balaban J connectivity index is 1.40. The summed E-state index contributed by atoms with van der Waals surface area (Å²) in [5.74, 6) is 1.26. The van der Waals surface area contributed by atoms with Crippen LogP contribution >= 0.6 is 11.8 Å². The van der Waals surface area contributed by atoms with Gasteiger partial charge in [-0.15, -0.1) is 11.8 Å². The minimum atomic E-state index is -0.396. The topological polar surface area (TPSA) is 66.9 Å². The highest BCUT2D eigenvalue weighted by Crippen LogP contribution is 2.36. The fourth-order valence-corrected chi connectivity index (χ4v) is 5.03. The molecule has 29 heavy (non-hydrogen) atoms. The van der Waals surface area contributed by atoms with Gasteiger partial charge in [-0.2, -0.15) is 0 Å². The number of ether oxygens (including phenoxy) is 1. The van der Waals surface area contributed by atoms with Gasteiger partial charge in [-0.1, -0.05) is 30.3 Å². The molecule has 7 heteroatoms. The summed E-state index contributed by atoms with van der Waals surface area (Å²) in [4.78, 5) is 39.4. The van der Waals surface area contributed by atoms with Crippen LogP contribution in [0.3, 0.4) is 0 Å². The Labute approximate surface area is 173 Å². The second-order valence-corrected chi connectivity index (χ2v) is 8.58. The van der Waals surface area contributed by atoms with E-state index in [4.69, 9.17) is 4.74 Å². The van der Waals surface area contributed by atoms with Gasteiger partial charge in [0, 0.05) is 26.4 Å². The summed E-state index contributed by atoms with van der Waals surface area (Å²) >= 11 is 1.43. The van der Waals surface area contributed by atoms with Crippen LogP contribution < -0.4 is 4.74 Å². The van der Waals surface area contributed by atoms with Crippen molar-refractivity contribution in [3.05, 3.63) is 60.2 Å². The lowest BCUT2D eigenvalue weighted by Crippen LogP contribution is -2.33. The second-order valence-electron chi connectivity index (χ2n) is 7.19. The van der Waals surface area contributed by atoms with E-state index in [2.05, 4.69) is 0 Å². The van der Waals surface area contributed by atoms with E-state index in [0.717, 1.165) is 17.1 Å². The lowest BCUT2D eigenvalue weighted by atomic mass is 10.2. The lowest BCUT2D eigenvalue weighted by molar-refractivity contribution is -0.136. The van der Waals surface area contributed by atoms with Crippen LogP contribution in [-0.2, 0) is 20.9 Å². The Morgan fingerprint density at radius 2 is 1.66 bits per heavy atom. The van der Waals surface area contributed by atoms with Crippen LogP contribution in [0.15, 0.2) is 54.6 Å². The summed E-state index contributed by atoms with van der Waals surface area (Å²) in [5, 5.41) is -0.483. The fraction of sp³-hybridized carbons (Fsp3) is 0.318. The van der Waals surface area contributed by atoms with Crippen LogP contribution in [-0.4, -0.2) is 45.2 Å². The first kappa shape index (κ1) is 19.5. The molecule has 2 fully saturated rings. The summed E-state index contributed by atoms with van der Waals surface area (Å²) in [6.07, 6.45) is 1.38. The van der Waals surface area contributed by atoms with Crippen LogP contribution in [0, 0.1) is 0 Å². The van der Waals surface area contributed by atoms with Gasteiger partial charge in [0.2, 0.25) is 17.7 Å². The largest absolute Gasteiger partial charge is 0.457 e. The molecule has 0 radical (unpaired) electrons. The smallest absolute Gasteiger partial charge is 0.242 e.